The average molecular weight is 303 g/mol. The van der Waals surface area contributed by atoms with Crippen molar-refractivity contribution in [2.75, 3.05) is 12.1 Å². The molecule has 114 valence electrons. The molecule has 2 heterocycles. The predicted molar refractivity (Wildman–Crippen MR) is 77.1 cm³/mol. The number of amides is 1. The van der Waals surface area contributed by atoms with Gasteiger partial charge in [-0.15, -0.1) is 0 Å². The van der Waals surface area contributed by atoms with Crippen molar-refractivity contribution in [2.45, 2.75) is 6.54 Å². The molecular weight excluding hydrogens is 290 g/mol. The van der Waals surface area contributed by atoms with Crippen LogP contribution >= 0.6 is 0 Å². The maximum absolute atomic E-state index is 12.0. The van der Waals surface area contributed by atoms with E-state index in [-0.39, 0.29) is 19.2 Å². The van der Waals surface area contributed by atoms with Crippen molar-refractivity contribution in [3.05, 3.63) is 51.3 Å². The second-order valence-electron chi connectivity index (χ2n) is 4.74. The molecule has 1 N–H and O–H groups in total. The smallest absolute Gasteiger partial charge is 0.331 e. The van der Waals surface area contributed by atoms with Crippen LogP contribution in [0.5, 0.6) is 11.5 Å². The SMILES string of the molecule is Cn1c(=O)ccn(CC(=O)Nc2ccc3c(c2)OCO3)c1=O. The fraction of sp³-hybridized carbons (Fsp3) is 0.214. The van der Waals surface area contributed by atoms with E-state index in [1.807, 2.05) is 0 Å². The van der Waals surface area contributed by atoms with Crippen molar-refractivity contribution in [3.8, 4) is 11.5 Å². The molecule has 8 nitrogen and oxygen atoms in total. The minimum Gasteiger partial charge on any atom is -0.454 e. The molecule has 0 fully saturated rings. The van der Waals surface area contributed by atoms with Gasteiger partial charge in [0.25, 0.3) is 5.56 Å². The molecule has 1 aliphatic rings. The monoisotopic (exact) mass is 303 g/mol. The number of nitrogens with zero attached hydrogens (tertiary/aromatic N) is 2. The highest BCUT2D eigenvalue weighted by Crippen LogP contribution is 2.34. The lowest BCUT2D eigenvalue weighted by molar-refractivity contribution is -0.116. The van der Waals surface area contributed by atoms with Gasteiger partial charge in [-0.3, -0.25) is 18.7 Å². The van der Waals surface area contributed by atoms with Crippen LogP contribution < -0.4 is 26.0 Å². The largest absolute Gasteiger partial charge is 0.454 e. The Morgan fingerprint density at radius 2 is 2.00 bits per heavy atom. The fourth-order valence-corrected chi connectivity index (χ4v) is 2.07. The van der Waals surface area contributed by atoms with Gasteiger partial charge in [-0.05, 0) is 12.1 Å². The molecule has 0 radical (unpaired) electrons. The molecular formula is C14H13N3O5. The van der Waals surface area contributed by atoms with Crippen LogP contribution in [0.4, 0.5) is 5.69 Å². The van der Waals surface area contributed by atoms with Crippen molar-refractivity contribution >= 4 is 11.6 Å². The van der Waals surface area contributed by atoms with Crippen molar-refractivity contribution < 1.29 is 14.3 Å². The fourth-order valence-electron chi connectivity index (χ4n) is 2.07. The zero-order valence-corrected chi connectivity index (χ0v) is 11.7. The summed E-state index contributed by atoms with van der Waals surface area (Å²) in [5.41, 5.74) is -0.433. The minimum atomic E-state index is -0.548. The lowest BCUT2D eigenvalue weighted by atomic mass is 10.3. The Hall–Kier alpha value is -3.03. The third-order valence-electron chi connectivity index (χ3n) is 3.23. The second kappa shape index (κ2) is 5.40. The molecule has 22 heavy (non-hydrogen) atoms. The summed E-state index contributed by atoms with van der Waals surface area (Å²) < 4.78 is 12.5. The molecule has 0 saturated heterocycles. The van der Waals surface area contributed by atoms with Crippen LogP contribution in [0.15, 0.2) is 40.1 Å². The van der Waals surface area contributed by atoms with E-state index < -0.39 is 11.2 Å². The van der Waals surface area contributed by atoms with Gasteiger partial charge in [-0.1, -0.05) is 0 Å². The number of rotatable bonds is 3. The molecule has 1 amide bonds. The van der Waals surface area contributed by atoms with Crippen LogP contribution in [-0.2, 0) is 18.4 Å². The number of anilines is 1. The molecule has 3 rings (SSSR count). The van der Waals surface area contributed by atoms with Crippen LogP contribution in [0.2, 0.25) is 0 Å². The number of aromatic nitrogens is 2. The Kier molecular flexibility index (Phi) is 3.42. The lowest BCUT2D eigenvalue weighted by Gasteiger charge is -2.08. The van der Waals surface area contributed by atoms with Crippen molar-refractivity contribution in [1.29, 1.82) is 0 Å². The Labute approximate surface area is 124 Å². The van der Waals surface area contributed by atoms with E-state index in [0.29, 0.717) is 17.2 Å². The molecule has 1 aromatic heterocycles. The number of hydrogen-bond acceptors (Lipinski definition) is 5. The highest BCUT2D eigenvalue weighted by molar-refractivity contribution is 5.90. The summed E-state index contributed by atoms with van der Waals surface area (Å²) in [5.74, 6) is 0.781. The normalized spacial score (nSPS) is 12.2. The summed E-state index contributed by atoms with van der Waals surface area (Å²) in [5, 5.41) is 2.66. The molecule has 0 spiro atoms. The first-order chi connectivity index (χ1) is 10.5. The third-order valence-corrected chi connectivity index (χ3v) is 3.23. The van der Waals surface area contributed by atoms with E-state index in [1.54, 1.807) is 18.2 Å². The Balaban J connectivity index is 1.74. The first-order valence-corrected chi connectivity index (χ1v) is 6.50. The molecule has 2 aromatic rings. The first-order valence-electron chi connectivity index (χ1n) is 6.50. The van der Waals surface area contributed by atoms with Gasteiger partial charge in [0.2, 0.25) is 12.7 Å². The number of fused-ring (bicyclic) bond motifs is 1. The zero-order valence-electron chi connectivity index (χ0n) is 11.7. The minimum absolute atomic E-state index is 0.153. The van der Waals surface area contributed by atoms with E-state index in [1.165, 1.54) is 19.3 Å². The summed E-state index contributed by atoms with van der Waals surface area (Å²) in [6.45, 7) is -0.0401. The molecule has 0 bridgehead atoms. The second-order valence-corrected chi connectivity index (χ2v) is 4.74. The van der Waals surface area contributed by atoms with Gasteiger partial charge in [0, 0.05) is 31.1 Å². The van der Waals surface area contributed by atoms with Crippen molar-refractivity contribution in [3.63, 3.8) is 0 Å². The summed E-state index contributed by atoms with van der Waals surface area (Å²) in [4.78, 5) is 35.1. The van der Waals surface area contributed by atoms with Crippen molar-refractivity contribution in [1.82, 2.24) is 9.13 Å². The third kappa shape index (κ3) is 2.58. The number of carbonyl (C=O) groups is 1. The number of carbonyl (C=O) groups excluding carboxylic acids is 1. The highest BCUT2D eigenvalue weighted by Gasteiger charge is 2.14. The van der Waals surface area contributed by atoms with E-state index in [9.17, 15) is 14.4 Å². The summed E-state index contributed by atoms with van der Waals surface area (Å²) in [6, 6.07) is 6.24. The quantitative estimate of drug-likeness (QED) is 0.856. The lowest BCUT2D eigenvalue weighted by Crippen LogP contribution is -2.38. The molecule has 0 aliphatic carbocycles. The molecule has 0 saturated carbocycles. The van der Waals surface area contributed by atoms with Gasteiger partial charge in [-0.25, -0.2) is 4.79 Å². The highest BCUT2D eigenvalue weighted by atomic mass is 16.7. The standard InChI is InChI=1S/C14H13N3O5/c1-16-13(19)4-5-17(14(16)20)7-12(18)15-9-2-3-10-11(6-9)22-8-21-10/h2-6H,7-8H2,1H3,(H,15,18). The number of ether oxygens (including phenoxy) is 2. The number of hydrogen-bond donors (Lipinski definition) is 1. The Morgan fingerprint density at radius 3 is 2.82 bits per heavy atom. The molecule has 1 aliphatic heterocycles. The molecule has 1 aromatic carbocycles. The van der Waals surface area contributed by atoms with Crippen LogP contribution in [-0.4, -0.2) is 21.8 Å². The van der Waals surface area contributed by atoms with Crippen LogP contribution in [0.1, 0.15) is 0 Å². The van der Waals surface area contributed by atoms with Crippen LogP contribution in [0, 0.1) is 0 Å². The predicted octanol–water partition coefficient (Wildman–Crippen LogP) is -0.0856. The average Bonchev–Trinajstić information content (AvgIpc) is 2.95. The van der Waals surface area contributed by atoms with Crippen molar-refractivity contribution in [2.24, 2.45) is 7.05 Å². The zero-order chi connectivity index (χ0) is 15.7. The Morgan fingerprint density at radius 1 is 1.23 bits per heavy atom. The molecule has 0 unspecified atom stereocenters. The van der Waals surface area contributed by atoms with Gasteiger partial charge < -0.3 is 14.8 Å². The van der Waals surface area contributed by atoms with E-state index >= 15 is 0 Å². The van der Waals surface area contributed by atoms with E-state index in [2.05, 4.69) is 5.32 Å². The van der Waals surface area contributed by atoms with Gasteiger partial charge in [-0.2, -0.15) is 0 Å². The Bertz CT molecular complexity index is 852. The topological polar surface area (TPSA) is 91.6 Å². The first kappa shape index (κ1) is 13.9. The van der Waals surface area contributed by atoms with E-state index in [0.717, 1.165) is 9.13 Å². The molecule has 8 heteroatoms. The number of benzene rings is 1. The van der Waals surface area contributed by atoms with Crippen LogP contribution in [0.25, 0.3) is 0 Å². The maximum atomic E-state index is 12.0. The van der Waals surface area contributed by atoms with Gasteiger partial charge in [0.05, 0.1) is 0 Å². The summed E-state index contributed by atoms with van der Waals surface area (Å²) in [7, 11) is 1.36. The van der Waals surface area contributed by atoms with Gasteiger partial charge >= 0.3 is 5.69 Å². The van der Waals surface area contributed by atoms with Gasteiger partial charge in [0.1, 0.15) is 6.54 Å². The van der Waals surface area contributed by atoms with Crippen LogP contribution in [0.3, 0.4) is 0 Å². The van der Waals surface area contributed by atoms with Gasteiger partial charge in [0.15, 0.2) is 11.5 Å². The number of nitrogens with one attached hydrogen (secondary N) is 1. The van der Waals surface area contributed by atoms with E-state index in [4.69, 9.17) is 9.47 Å². The summed E-state index contributed by atoms with van der Waals surface area (Å²) in [6.07, 6.45) is 1.30. The molecule has 0 atom stereocenters. The summed E-state index contributed by atoms with van der Waals surface area (Å²) >= 11 is 0. The maximum Gasteiger partial charge on any atom is 0.331 e.